The molecule has 2 amide bonds. The van der Waals surface area contributed by atoms with Crippen molar-refractivity contribution in [1.29, 1.82) is 0 Å². The highest BCUT2D eigenvalue weighted by atomic mass is 35.5. The molecule has 0 unspecified atom stereocenters. The second-order valence-electron chi connectivity index (χ2n) is 8.78. The summed E-state index contributed by atoms with van der Waals surface area (Å²) in [5, 5.41) is 3.47. The minimum absolute atomic E-state index is 0.156. The van der Waals surface area contributed by atoms with Crippen LogP contribution in [0.1, 0.15) is 44.2 Å². The number of hydrogen-bond acceptors (Lipinski definition) is 4. The second kappa shape index (κ2) is 11.0. The maximum Gasteiger partial charge on any atom is 0.254 e. The molecule has 0 aromatic heterocycles. The van der Waals surface area contributed by atoms with Crippen LogP contribution in [0.2, 0.25) is 5.02 Å². The molecular weight excluding hydrogens is 483 g/mol. The lowest BCUT2D eigenvalue weighted by molar-refractivity contribution is 0.0671. The Kier molecular flexibility index (Phi) is 7.79. The van der Waals surface area contributed by atoms with Crippen molar-refractivity contribution >= 4 is 23.4 Å². The highest BCUT2D eigenvalue weighted by Crippen LogP contribution is 2.33. The molecule has 0 saturated carbocycles. The standard InChI is InChI=1S/C28H28ClFN2O4/c1-17-14-19(30)9-10-20(17)22-16-32(28(34)18-8-11-25(35-2)26(15-18)36-3)13-12-24(22)31-27(33)21-6-4-5-7-23(21)29/h4-11,14-15,22,24H,12-13,16H2,1-3H3,(H,31,33)/t22-,24+/m1/s1. The fraction of sp³-hybridized carbons (Fsp3) is 0.286. The second-order valence-corrected chi connectivity index (χ2v) is 9.18. The van der Waals surface area contributed by atoms with E-state index in [1.54, 1.807) is 53.4 Å². The van der Waals surface area contributed by atoms with Crippen LogP contribution in [-0.4, -0.2) is 50.1 Å². The molecule has 1 saturated heterocycles. The molecule has 0 aliphatic carbocycles. The van der Waals surface area contributed by atoms with Crippen molar-refractivity contribution in [2.45, 2.75) is 25.3 Å². The number of ether oxygens (including phenoxy) is 2. The largest absolute Gasteiger partial charge is 0.493 e. The number of methoxy groups -OCH3 is 2. The monoisotopic (exact) mass is 510 g/mol. The molecule has 1 fully saturated rings. The number of hydrogen-bond donors (Lipinski definition) is 1. The first-order valence-electron chi connectivity index (χ1n) is 11.6. The molecule has 8 heteroatoms. The van der Waals surface area contributed by atoms with E-state index >= 15 is 0 Å². The van der Waals surface area contributed by atoms with Crippen LogP contribution in [0.25, 0.3) is 0 Å². The van der Waals surface area contributed by atoms with E-state index in [1.807, 2.05) is 6.92 Å². The molecule has 0 radical (unpaired) electrons. The molecule has 1 aliphatic rings. The molecule has 0 spiro atoms. The highest BCUT2D eigenvalue weighted by molar-refractivity contribution is 6.33. The molecule has 4 rings (SSSR count). The fourth-order valence-electron chi connectivity index (χ4n) is 4.72. The fourth-order valence-corrected chi connectivity index (χ4v) is 4.94. The van der Waals surface area contributed by atoms with Crippen molar-refractivity contribution in [2.24, 2.45) is 0 Å². The number of carbonyl (C=O) groups is 2. The molecule has 6 nitrogen and oxygen atoms in total. The third-order valence-electron chi connectivity index (χ3n) is 6.60. The van der Waals surface area contributed by atoms with Gasteiger partial charge in [-0.3, -0.25) is 9.59 Å². The third kappa shape index (κ3) is 5.31. The van der Waals surface area contributed by atoms with Crippen LogP contribution in [0.3, 0.4) is 0 Å². The predicted molar refractivity (Wildman–Crippen MR) is 137 cm³/mol. The number of halogens is 2. The number of aryl methyl sites for hydroxylation is 1. The molecule has 3 aromatic carbocycles. The van der Waals surface area contributed by atoms with E-state index in [0.29, 0.717) is 47.2 Å². The first-order valence-corrected chi connectivity index (χ1v) is 12.0. The van der Waals surface area contributed by atoms with Crippen LogP contribution in [0.5, 0.6) is 11.5 Å². The van der Waals surface area contributed by atoms with E-state index in [4.69, 9.17) is 21.1 Å². The third-order valence-corrected chi connectivity index (χ3v) is 6.93. The van der Waals surface area contributed by atoms with Crippen LogP contribution >= 0.6 is 11.6 Å². The minimum atomic E-state index is -0.332. The molecule has 0 bridgehead atoms. The lowest BCUT2D eigenvalue weighted by Crippen LogP contribution is -2.51. The molecular formula is C28H28ClFN2O4. The SMILES string of the molecule is COc1ccc(C(=O)N2CC[C@H](NC(=O)c3ccccc3Cl)[C@@H](c3ccc(F)cc3C)C2)cc1OC. The smallest absolute Gasteiger partial charge is 0.254 e. The summed E-state index contributed by atoms with van der Waals surface area (Å²) < 4.78 is 24.5. The summed E-state index contributed by atoms with van der Waals surface area (Å²) >= 11 is 6.24. The number of nitrogens with one attached hydrogen (secondary N) is 1. The van der Waals surface area contributed by atoms with Gasteiger partial charge in [0.2, 0.25) is 0 Å². The molecule has 1 aliphatic heterocycles. The van der Waals surface area contributed by atoms with E-state index in [1.165, 1.54) is 26.4 Å². The van der Waals surface area contributed by atoms with Gasteiger partial charge in [-0.05, 0) is 66.9 Å². The zero-order chi connectivity index (χ0) is 25.8. The normalized spacial score (nSPS) is 17.4. The zero-order valence-corrected chi connectivity index (χ0v) is 21.1. The number of piperidine rings is 1. The minimum Gasteiger partial charge on any atom is -0.493 e. The van der Waals surface area contributed by atoms with E-state index in [9.17, 15) is 14.0 Å². The van der Waals surface area contributed by atoms with Crippen LogP contribution in [-0.2, 0) is 0 Å². The van der Waals surface area contributed by atoms with Gasteiger partial charge in [0, 0.05) is 30.6 Å². The molecule has 1 N–H and O–H groups in total. The van der Waals surface area contributed by atoms with E-state index in [0.717, 1.165) is 11.1 Å². The first-order chi connectivity index (χ1) is 17.3. The Morgan fingerprint density at radius 1 is 1.03 bits per heavy atom. The van der Waals surface area contributed by atoms with Crippen molar-refractivity contribution in [3.63, 3.8) is 0 Å². The average Bonchev–Trinajstić information content (AvgIpc) is 2.88. The van der Waals surface area contributed by atoms with E-state index in [2.05, 4.69) is 5.32 Å². The summed E-state index contributed by atoms with van der Waals surface area (Å²) in [7, 11) is 3.06. The number of likely N-dealkylation sites (tertiary alicyclic amines) is 1. The molecule has 36 heavy (non-hydrogen) atoms. The number of benzene rings is 3. The van der Waals surface area contributed by atoms with Gasteiger partial charge < -0.3 is 19.7 Å². The number of nitrogens with zero attached hydrogens (tertiary/aromatic N) is 1. The predicted octanol–water partition coefficient (Wildman–Crippen LogP) is 5.23. The van der Waals surface area contributed by atoms with Crippen LogP contribution in [0, 0.1) is 12.7 Å². The first kappa shape index (κ1) is 25.5. The zero-order valence-electron chi connectivity index (χ0n) is 20.4. The summed E-state index contributed by atoms with van der Waals surface area (Å²) in [6.45, 7) is 2.63. The van der Waals surface area contributed by atoms with Gasteiger partial charge in [0.15, 0.2) is 11.5 Å². The number of carbonyl (C=O) groups excluding carboxylic acids is 2. The number of rotatable bonds is 6. The summed E-state index contributed by atoms with van der Waals surface area (Å²) in [4.78, 5) is 28.3. The van der Waals surface area contributed by atoms with Crippen molar-refractivity contribution in [3.8, 4) is 11.5 Å². The van der Waals surface area contributed by atoms with Crippen LogP contribution < -0.4 is 14.8 Å². The van der Waals surface area contributed by atoms with Gasteiger partial charge in [0.25, 0.3) is 11.8 Å². The van der Waals surface area contributed by atoms with Gasteiger partial charge >= 0.3 is 0 Å². The summed E-state index contributed by atoms with van der Waals surface area (Å²) in [5.41, 5.74) is 2.50. The Morgan fingerprint density at radius 3 is 2.47 bits per heavy atom. The maximum absolute atomic E-state index is 13.9. The molecule has 1 heterocycles. The summed E-state index contributed by atoms with van der Waals surface area (Å²) in [6, 6.07) is 16.3. The van der Waals surface area contributed by atoms with Crippen LogP contribution in [0.15, 0.2) is 60.7 Å². The van der Waals surface area contributed by atoms with Gasteiger partial charge in [0.05, 0.1) is 24.8 Å². The van der Waals surface area contributed by atoms with Gasteiger partial charge in [-0.15, -0.1) is 0 Å². The number of amides is 2. The van der Waals surface area contributed by atoms with Crippen molar-refractivity contribution in [1.82, 2.24) is 10.2 Å². The summed E-state index contributed by atoms with van der Waals surface area (Å²) in [6.07, 6.45) is 0.525. The average molecular weight is 511 g/mol. The van der Waals surface area contributed by atoms with Crippen molar-refractivity contribution in [2.75, 3.05) is 27.3 Å². The Labute approximate surface area is 215 Å². The van der Waals surface area contributed by atoms with Gasteiger partial charge in [-0.25, -0.2) is 4.39 Å². The van der Waals surface area contributed by atoms with Gasteiger partial charge in [-0.1, -0.05) is 29.8 Å². The maximum atomic E-state index is 13.9. The van der Waals surface area contributed by atoms with E-state index in [-0.39, 0.29) is 29.6 Å². The lowest BCUT2D eigenvalue weighted by Gasteiger charge is -2.40. The molecule has 2 atom stereocenters. The highest BCUT2D eigenvalue weighted by Gasteiger charge is 2.35. The Bertz CT molecular complexity index is 1280. The quantitative estimate of drug-likeness (QED) is 0.493. The van der Waals surface area contributed by atoms with Crippen molar-refractivity contribution in [3.05, 3.63) is 93.8 Å². The Morgan fingerprint density at radius 2 is 1.78 bits per heavy atom. The van der Waals surface area contributed by atoms with Gasteiger partial charge in [-0.2, -0.15) is 0 Å². The topological polar surface area (TPSA) is 67.9 Å². The Hall–Kier alpha value is -3.58. The molecule has 188 valence electrons. The lowest BCUT2D eigenvalue weighted by atomic mass is 9.83. The van der Waals surface area contributed by atoms with Gasteiger partial charge in [0.1, 0.15) is 5.82 Å². The van der Waals surface area contributed by atoms with E-state index < -0.39 is 0 Å². The summed E-state index contributed by atoms with van der Waals surface area (Å²) in [5.74, 6) is -0.00508. The van der Waals surface area contributed by atoms with Crippen LogP contribution in [0.4, 0.5) is 4.39 Å². The van der Waals surface area contributed by atoms with Crippen molar-refractivity contribution < 1.29 is 23.5 Å². The Balaban J connectivity index is 1.62. The molecule has 3 aromatic rings.